The number of amides is 1. The van der Waals surface area contributed by atoms with Crippen LogP contribution in [0.15, 0.2) is 53.0 Å². The van der Waals surface area contributed by atoms with E-state index < -0.39 is 0 Å². The molecule has 1 aliphatic rings. The topological polar surface area (TPSA) is 102 Å². The molecule has 0 spiro atoms. The van der Waals surface area contributed by atoms with Crippen molar-refractivity contribution >= 4 is 39.8 Å². The molecule has 1 aliphatic heterocycles. The van der Waals surface area contributed by atoms with Gasteiger partial charge in [0.15, 0.2) is 5.84 Å². The Bertz CT molecular complexity index is 897. The highest BCUT2D eigenvalue weighted by Crippen LogP contribution is 2.24. The van der Waals surface area contributed by atoms with Gasteiger partial charge in [-0.05, 0) is 36.4 Å². The van der Waals surface area contributed by atoms with Gasteiger partial charge in [0.25, 0.3) is 5.91 Å². The number of benzene rings is 1. The molecule has 7 nitrogen and oxygen atoms in total. The number of aromatic nitrogens is 1. The van der Waals surface area contributed by atoms with Crippen molar-refractivity contribution in [3.05, 3.63) is 64.3 Å². The summed E-state index contributed by atoms with van der Waals surface area (Å²) in [4.78, 5) is 18.4. The van der Waals surface area contributed by atoms with Crippen molar-refractivity contribution in [3.8, 4) is 5.75 Å². The monoisotopic (exact) mass is 413 g/mol. The van der Waals surface area contributed by atoms with Crippen molar-refractivity contribution in [1.82, 2.24) is 9.88 Å². The Hall–Kier alpha value is -3.00. The number of amidine groups is 1. The molecular weight excluding hydrogens is 398 g/mol. The number of anilines is 1. The third kappa shape index (κ3) is 3.97. The molecule has 1 aromatic carbocycles. The molecule has 0 atom stereocenters. The summed E-state index contributed by atoms with van der Waals surface area (Å²) in [7, 11) is 0. The summed E-state index contributed by atoms with van der Waals surface area (Å²) in [5, 5.41) is 18.5. The van der Waals surface area contributed by atoms with E-state index in [-0.39, 0.29) is 18.3 Å². The molecule has 2 bridgehead atoms. The number of hydrogen-bond donors (Lipinski definition) is 3. The Morgan fingerprint density at radius 3 is 2.92 bits per heavy atom. The van der Waals surface area contributed by atoms with Crippen LogP contribution in [0.2, 0.25) is 0 Å². The van der Waals surface area contributed by atoms with Crippen molar-refractivity contribution in [3.63, 3.8) is 0 Å². The number of carbonyl (C=O) groups is 1. The van der Waals surface area contributed by atoms with Gasteiger partial charge in [0, 0.05) is 11.0 Å². The molecule has 3 N–H and O–H groups in total. The van der Waals surface area contributed by atoms with Gasteiger partial charge in [-0.1, -0.05) is 28.1 Å². The fourth-order valence-electron chi connectivity index (χ4n) is 2.38. The Morgan fingerprint density at radius 1 is 1.27 bits per heavy atom. The minimum atomic E-state index is -0.359. The summed E-state index contributed by atoms with van der Waals surface area (Å²) >= 11 is 3.37. The maximum absolute atomic E-state index is 12.7. The second-order valence-electron chi connectivity index (χ2n) is 5.42. The van der Waals surface area contributed by atoms with Gasteiger partial charge in [-0.2, -0.15) is 0 Å². The summed E-state index contributed by atoms with van der Waals surface area (Å²) in [6, 6.07) is 10.2. The van der Waals surface area contributed by atoms with E-state index in [0.29, 0.717) is 29.4 Å². The number of halogens is 1. The van der Waals surface area contributed by atoms with Crippen LogP contribution in [0, 0.1) is 10.8 Å². The fourth-order valence-corrected chi connectivity index (χ4v) is 2.74. The lowest BCUT2D eigenvalue weighted by molar-refractivity contribution is 0.102. The minimum Gasteiger partial charge on any atom is -0.489 e. The number of ether oxygens (including phenoxy) is 1. The van der Waals surface area contributed by atoms with Crippen LogP contribution in [0.1, 0.15) is 16.1 Å². The Balaban J connectivity index is 2.02. The molecular formula is C18H16BrN5O2. The first-order valence-corrected chi connectivity index (χ1v) is 8.59. The first kappa shape index (κ1) is 17.8. The van der Waals surface area contributed by atoms with Crippen LogP contribution in [-0.4, -0.2) is 41.1 Å². The van der Waals surface area contributed by atoms with Crippen LogP contribution in [0.3, 0.4) is 0 Å². The second kappa shape index (κ2) is 7.92. The zero-order valence-corrected chi connectivity index (χ0v) is 15.3. The highest BCUT2D eigenvalue weighted by atomic mass is 79.9. The van der Waals surface area contributed by atoms with Gasteiger partial charge in [-0.15, -0.1) is 0 Å². The first-order valence-electron chi connectivity index (χ1n) is 7.80. The molecule has 0 saturated heterocycles. The molecule has 0 unspecified atom stereocenters. The van der Waals surface area contributed by atoms with E-state index >= 15 is 0 Å². The molecule has 0 fully saturated rings. The zero-order chi connectivity index (χ0) is 18.5. The molecule has 0 aliphatic carbocycles. The molecule has 3 rings (SSSR count). The molecule has 0 saturated carbocycles. The predicted molar refractivity (Wildman–Crippen MR) is 103 cm³/mol. The molecule has 1 amide bonds. The Kier molecular flexibility index (Phi) is 5.43. The van der Waals surface area contributed by atoms with E-state index in [9.17, 15) is 4.79 Å². The second-order valence-corrected chi connectivity index (χ2v) is 6.33. The van der Waals surface area contributed by atoms with E-state index in [0.717, 1.165) is 10.8 Å². The number of rotatable bonds is 1. The van der Waals surface area contributed by atoms with E-state index in [1.165, 1.54) is 4.90 Å². The Labute approximate surface area is 158 Å². The summed E-state index contributed by atoms with van der Waals surface area (Å²) < 4.78 is 6.45. The van der Waals surface area contributed by atoms with Gasteiger partial charge >= 0.3 is 0 Å². The predicted octanol–water partition coefficient (Wildman–Crippen LogP) is 3.28. The average Bonchev–Trinajstić information content (AvgIpc) is 2.64. The third-order valence-electron chi connectivity index (χ3n) is 3.67. The van der Waals surface area contributed by atoms with Gasteiger partial charge in [0.05, 0.1) is 11.9 Å². The van der Waals surface area contributed by atoms with E-state index in [4.69, 9.17) is 15.6 Å². The number of pyridine rings is 1. The van der Waals surface area contributed by atoms with Crippen molar-refractivity contribution in [2.45, 2.75) is 0 Å². The van der Waals surface area contributed by atoms with E-state index in [1.807, 2.05) is 0 Å². The van der Waals surface area contributed by atoms with Crippen LogP contribution >= 0.6 is 15.9 Å². The first-order chi connectivity index (χ1) is 12.6. The highest BCUT2D eigenvalue weighted by molar-refractivity contribution is 9.10. The number of hydrogen-bond acceptors (Lipinski definition) is 5. The van der Waals surface area contributed by atoms with Crippen LogP contribution < -0.4 is 10.1 Å². The quantitative estimate of drug-likeness (QED) is 0.379. The lowest BCUT2D eigenvalue weighted by Gasteiger charge is -2.18. The minimum absolute atomic E-state index is 0.0712. The molecule has 2 heterocycles. The molecule has 132 valence electrons. The van der Waals surface area contributed by atoms with Crippen molar-refractivity contribution in [1.29, 1.82) is 10.8 Å². The molecule has 2 aromatic rings. The number of nitrogens with zero attached hydrogens (tertiary/aromatic N) is 2. The fraction of sp³-hybridized carbons (Fsp3) is 0.111. The number of carbonyl (C=O) groups excluding carboxylic acids is 1. The average molecular weight is 414 g/mol. The van der Waals surface area contributed by atoms with Crippen LogP contribution in [0.25, 0.3) is 0 Å². The summed E-state index contributed by atoms with van der Waals surface area (Å²) in [6.45, 7) is 0.613. The number of fused-ring (bicyclic) bond motifs is 3. The molecule has 0 radical (unpaired) electrons. The van der Waals surface area contributed by atoms with Crippen LogP contribution in [0.5, 0.6) is 5.75 Å². The maximum Gasteiger partial charge on any atom is 0.260 e. The van der Waals surface area contributed by atoms with Gasteiger partial charge in [-0.25, -0.2) is 4.98 Å². The van der Waals surface area contributed by atoms with Gasteiger partial charge in [-0.3, -0.25) is 15.6 Å². The van der Waals surface area contributed by atoms with Gasteiger partial charge in [0.1, 0.15) is 23.9 Å². The SMILES string of the molecule is N=CN1C/C=C/COc2ccc(Br)cc2C(=O)Nc2cccc(n2)C1=N. The lowest BCUT2D eigenvalue weighted by atomic mass is 10.2. The van der Waals surface area contributed by atoms with E-state index in [1.54, 1.807) is 48.6 Å². The Morgan fingerprint density at radius 2 is 2.12 bits per heavy atom. The van der Waals surface area contributed by atoms with Crippen molar-refractivity contribution < 1.29 is 9.53 Å². The van der Waals surface area contributed by atoms with Crippen molar-refractivity contribution in [2.75, 3.05) is 18.5 Å². The van der Waals surface area contributed by atoms with E-state index in [2.05, 4.69) is 26.2 Å². The highest BCUT2D eigenvalue weighted by Gasteiger charge is 2.16. The zero-order valence-electron chi connectivity index (χ0n) is 13.7. The molecule has 8 heteroatoms. The van der Waals surface area contributed by atoms with Gasteiger partial charge < -0.3 is 15.0 Å². The standard InChI is InChI=1S/C18H16BrN5O2/c19-12-6-7-15-13(10-12)18(25)23-16-5-3-4-14(22-16)17(21)24(11-20)8-1-2-9-26-15/h1-7,10-11,20-21H,8-9H2,(H,22,23,25)/b2-1+,20-11?,21-17?. The molecule has 1 aromatic heterocycles. The third-order valence-corrected chi connectivity index (χ3v) is 4.16. The largest absolute Gasteiger partial charge is 0.489 e. The smallest absolute Gasteiger partial charge is 0.260 e. The van der Waals surface area contributed by atoms with Crippen LogP contribution in [0.4, 0.5) is 5.82 Å². The molecule has 26 heavy (non-hydrogen) atoms. The summed E-state index contributed by atoms with van der Waals surface area (Å²) in [5.41, 5.74) is 0.746. The summed E-state index contributed by atoms with van der Waals surface area (Å²) in [5.74, 6) is 0.491. The lowest BCUT2D eigenvalue weighted by Crippen LogP contribution is -2.30. The normalized spacial score (nSPS) is 16.0. The number of nitrogens with one attached hydrogen (secondary N) is 3. The summed E-state index contributed by atoms with van der Waals surface area (Å²) in [6.07, 6.45) is 4.65. The van der Waals surface area contributed by atoms with Crippen molar-refractivity contribution in [2.24, 2.45) is 0 Å². The van der Waals surface area contributed by atoms with Crippen LogP contribution in [-0.2, 0) is 0 Å². The maximum atomic E-state index is 12.7. The van der Waals surface area contributed by atoms with Gasteiger partial charge in [0.2, 0.25) is 0 Å².